The van der Waals surface area contributed by atoms with Crippen molar-refractivity contribution < 1.29 is 9.53 Å². The number of halogens is 1. The molecule has 1 fully saturated rings. The molecule has 1 heterocycles. The molecular weight excluding hydrogens is 432 g/mol. The lowest BCUT2D eigenvalue weighted by Gasteiger charge is -2.18. The molecule has 0 unspecified atom stereocenters. The van der Waals surface area contributed by atoms with E-state index in [1.165, 1.54) is 42.6 Å². The Kier molecular flexibility index (Phi) is 8.03. The van der Waals surface area contributed by atoms with Gasteiger partial charge in [0.1, 0.15) is 5.75 Å². The summed E-state index contributed by atoms with van der Waals surface area (Å²) in [5, 5.41) is 3.57. The minimum atomic E-state index is -0.435. The number of ether oxygens (including phenoxy) is 1. The average molecular weight is 463 g/mol. The predicted octanol–water partition coefficient (Wildman–Crippen LogP) is 6.50. The molecule has 0 saturated carbocycles. The molecule has 4 nitrogen and oxygen atoms in total. The Morgan fingerprint density at radius 1 is 0.939 bits per heavy atom. The van der Waals surface area contributed by atoms with Crippen molar-refractivity contribution in [2.75, 3.05) is 19.6 Å². The summed E-state index contributed by atoms with van der Waals surface area (Å²) in [6.07, 6.45) is 4.00. The first-order valence-corrected chi connectivity index (χ1v) is 12.1. The number of nitrogens with one attached hydrogen (secondary N) is 1. The van der Waals surface area contributed by atoms with Crippen molar-refractivity contribution in [3.63, 3.8) is 0 Å². The summed E-state index contributed by atoms with van der Waals surface area (Å²) < 4.78 is 5.42. The minimum absolute atomic E-state index is 0.435. The first-order valence-electron chi connectivity index (χ1n) is 11.8. The molecular formula is C28H31ClN2O2. The molecule has 0 aromatic heterocycles. The highest BCUT2D eigenvalue weighted by molar-refractivity contribution is 6.30. The van der Waals surface area contributed by atoms with Gasteiger partial charge in [0.15, 0.2) is 0 Å². The van der Waals surface area contributed by atoms with E-state index in [9.17, 15) is 4.79 Å². The molecule has 1 aliphatic rings. The second-order valence-electron chi connectivity index (χ2n) is 8.54. The lowest BCUT2D eigenvalue weighted by molar-refractivity contribution is 0.200. The van der Waals surface area contributed by atoms with Crippen molar-refractivity contribution in [1.82, 2.24) is 10.2 Å². The molecule has 0 bridgehead atoms. The summed E-state index contributed by atoms with van der Waals surface area (Å²) in [7, 11) is 0. The molecule has 3 aromatic carbocycles. The molecule has 3 aromatic rings. The van der Waals surface area contributed by atoms with Crippen LogP contribution in [0.3, 0.4) is 0 Å². The van der Waals surface area contributed by atoms with Crippen LogP contribution in [0, 0.1) is 0 Å². The maximum atomic E-state index is 12.2. The van der Waals surface area contributed by atoms with E-state index in [0.29, 0.717) is 17.3 Å². The number of rotatable bonds is 8. The Morgan fingerprint density at radius 2 is 1.61 bits per heavy atom. The van der Waals surface area contributed by atoms with E-state index in [1.807, 2.05) is 36.4 Å². The molecule has 1 saturated heterocycles. The van der Waals surface area contributed by atoms with Crippen LogP contribution in [0.4, 0.5) is 4.79 Å². The van der Waals surface area contributed by atoms with Gasteiger partial charge in [-0.1, -0.05) is 61.0 Å². The van der Waals surface area contributed by atoms with Crippen LogP contribution in [0.2, 0.25) is 5.02 Å². The van der Waals surface area contributed by atoms with E-state index in [1.54, 1.807) is 12.1 Å². The number of amides is 1. The van der Waals surface area contributed by atoms with Crippen LogP contribution in [0.15, 0.2) is 66.7 Å². The fourth-order valence-electron chi connectivity index (χ4n) is 4.31. The fraction of sp³-hybridized carbons (Fsp3) is 0.321. The summed E-state index contributed by atoms with van der Waals surface area (Å²) in [5.74, 6) is 0.518. The zero-order valence-electron chi connectivity index (χ0n) is 19.1. The molecule has 0 aliphatic carbocycles. The Hall–Kier alpha value is -2.82. The largest absolute Gasteiger partial charge is 0.412 e. The molecule has 33 heavy (non-hydrogen) atoms. The third kappa shape index (κ3) is 6.59. The summed E-state index contributed by atoms with van der Waals surface area (Å²) >= 11 is 5.95. The number of hydrogen-bond acceptors (Lipinski definition) is 3. The van der Waals surface area contributed by atoms with Crippen LogP contribution >= 0.6 is 11.6 Å². The van der Waals surface area contributed by atoms with Crippen LogP contribution in [-0.2, 0) is 19.4 Å². The number of carbonyl (C=O) groups excluding carboxylic acids is 1. The summed E-state index contributed by atoms with van der Waals surface area (Å²) in [4.78, 5) is 14.7. The highest BCUT2D eigenvalue weighted by Gasteiger charge is 2.13. The molecule has 172 valence electrons. The van der Waals surface area contributed by atoms with Crippen LogP contribution < -0.4 is 10.1 Å². The van der Waals surface area contributed by atoms with E-state index in [2.05, 4.69) is 35.3 Å². The first-order chi connectivity index (χ1) is 16.1. The summed E-state index contributed by atoms with van der Waals surface area (Å²) in [6.45, 7) is 6.21. The topological polar surface area (TPSA) is 41.6 Å². The fourth-order valence-corrected chi connectivity index (χ4v) is 4.44. The smallest absolute Gasteiger partial charge is 0.410 e. The monoisotopic (exact) mass is 462 g/mol. The van der Waals surface area contributed by atoms with Gasteiger partial charge < -0.3 is 10.1 Å². The van der Waals surface area contributed by atoms with Gasteiger partial charge in [-0.3, -0.25) is 4.90 Å². The van der Waals surface area contributed by atoms with Crippen molar-refractivity contribution in [1.29, 1.82) is 0 Å². The molecule has 1 amide bonds. The van der Waals surface area contributed by atoms with Gasteiger partial charge in [-0.25, -0.2) is 4.79 Å². The van der Waals surface area contributed by atoms with Gasteiger partial charge in [0.2, 0.25) is 0 Å². The molecule has 0 spiro atoms. The van der Waals surface area contributed by atoms with Crippen LogP contribution in [0.25, 0.3) is 11.1 Å². The van der Waals surface area contributed by atoms with E-state index in [-0.39, 0.29) is 0 Å². The quantitative estimate of drug-likeness (QED) is 0.415. The van der Waals surface area contributed by atoms with Gasteiger partial charge in [0.25, 0.3) is 0 Å². The molecule has 0 radical (unpaired) electrons. The number of carbonyl (C=O) groups is 1. The third-order valence-corrected chi connectivity index (χ3v) is 6.42. The van der Waals surface area contributed by atoms with Gasteiger partial charge >= 0.3 is 6.09 Å². The summed E-state index contributed by atoms with van der Waals surface area (Å²) in [5.41, 5.74) is 6.18. The van der Waals surface area contributed by atoms with Crippen LogP contribution in [0.5, 0.6) is 5.75 Å². The van der Waals surface area contributed by atoms with Crippen LogP contribution in [-0.4, -0.2) is 30.6 Å². The number of aryl methyl sites for hydroxylation is 1. The van der Waals surface area contributed by atoms with E-state index >= 15 is 0 Å². The number of benzene rings is 3. The van der Waals surface area contributed by atoms with E-state index < -0.39 is 6.09 Å². The highest BCUT2D eigenvalue weighted by Crippen LogP contribution is 2.24. The Balaban J connectivity index is 1.25. The van der Waals surface area contributed by atoms with Gasteiger partial charge in [-0.15, -0.1) is 0 Å². The first kappa shape index (κ1) is 23.3. The van der Waals surface area contributed by atoms with Crippen molar-refractivity contribution in [2.45, 2.75) is 39.2 Å². The average Bonchev–Trinajstić information content (AvgIpc) is 3.34. The third-order valence-electron chi connectivity index (χ3n) is 6.17. The standard InChI is InChI=1S/C28H31ClN2O2/c1-2-22-19-21(5-6-25(22)20-31-17-3-4-18-31)15-16-30-28(32)33-27-13-9-24(10-14-27)23-7-11-26(29)12-8-23/h5-14,19H,2-4,15-18,20H2,1H3,(H,30,32). The maximum Gasteiger partial charge on any atom is 0.412 e. The van der Waals surface area contributed by atoms with E-state index in [0.717, 1.165) is 30.5 Å². The molecule has 5 heteroatoms. The Morgan fingerprint density at radius 3 is 2.27 bits per heavy atom. The zero-order chi connectivity index (χ0) is 23.0. The van der Waals surface area contributed by atoms with Crippen molar-refractivity contribution in [3.05, 3.63) is 88.4 Å². The lowest BCUT2D eigenvalue weighted by atomic mass is 10.00. The Bertz CT molecular complexity index is 1060. The normalized spacial score (nSPS) is 13.8. The van der Waals surface area contributed by atoms with Gasteiger partial charge in [0, 0.05) is 18.1 Å². The van der Waals surface area contributed by atoms with Gasteiger partial charge in [0.05, 0.1) is 0 Å². The van der Waals surface area contributed by atoms with Gasteiger partial charge in [-0.05, 0) is 90.9 Å². The van der Waals surface area contributed by atoms with Gasteiger partial charge in [-0.2, -0.15) is 0 Å². The van der Waals surface area contributed by atoms with Crippen molar-refractivity contribution in [2.24, 2.45) is 0 Å². The number of nitrogens with zero attached hydrogens (tertiary/aromatic N) is 1. The zero-order valence-corrected chi connectivity index (χ0v) is 19.9. The molecule has 1 aliphatic heterocycles. The minimum Gasteiger partial charge on any atom is -0.410 e. The summed E-state index contributed by atoms with van der Waals surface area (Å²) in [6, 6.07) is 21.9. The van der Waals surface area contributed by atoms with Crippen molar-refractivity contribution >= 4 is 17.7 Å². The lowest BCUT2D eigenvalue weighted by Crippen LogP contribution is -2.28. The number of likely N-dealkylation sites (tertiary alicyclic amines) is 1. The molecule has 4 rings (SSSR count). The maximum absolute atomic E-state index is 12.2. The number of hydrogen-bond donors (Lipinski definition) is 1. The second kappa shape index (κ2) is 11.4. The Labute approximate surface area is 201 Å². The second-order valence-corrected chi connectivity index (χ2v) is 8.97. The highest BCUT2D eigenvalue weighted by atomic mass is 35.5. The predicted molar refractivity (Wildman–Crippen MR) is 135 cm³/mol. The van der Waals surface area contributed by atoms with Crippen LogP contribution in [0.1, 0.15) is 36.5 Å². The molecule has 0 atom stereocenters. The van der Waals surface area contributed by atoms with Crippen molar-refractivity contribution in [3.8, 4) is 16.9 Å². The molecule has 1 N–H and O–H groups in total. The SMILES string of the molecule is CCc1cc(CCNC(=O)Oc2ccc(-c3ccc(Cl)cc3)cc2)ccc1CN1CCCC1. The van der Waals surface area contributed by atoms with E-state index in [4.69, 9.17) is 16.3 Å².